The number of anilines is 1. The Morgan fingerprint density at radius 1 is 1.13 bits per heavy atom. The lowest BCUT2D eigenvalue weighted by molar-refractivity contribution is -0.139. The van der Waals surface area contributed by atoms with Gasteiger partial charge in [-0.25, -0.2) is 0 Å². The summed E-state index contributed by atoms with van der Waals surface area (Å²) in [6.07, 6.45) is -0.397. The Balaban J connectivity index is 1.43. The second-order valence-corrected chi connectivity index (χ2v) is 9.11. The van der Waals surface area contributed by atoms with E-state index >= 15 is 0 Å². The molecule has 3 heterocycles. The van der Waals surface area contributed by atoms with Crippen LogP contribution in [0.5, 0.6) is 0 Å². The topological polar surface area (TPSA) is 199 Å². The number of benzene rings is 1. The Morgan fingerprint density at radius 3 is 2.66 bits per heavy atom. The van der Waals surface area contributed by atoms with Crippen LogP contribution in [0.25, 0.3) is 0 Å². The number of H-pyrrole nitrogens is 1. The van der Waals surface area contributed by atoms with Crippen LogP contribution in [0.3, 0.4) is 0 Å². The van der Waals surface area contributed by atoms with E-state index in [4.69, 9.17) is 5.11 Å². The predicted molar refractivity (Wildman–Crippen MR) is 133 cm³/mol. The molecule has 0 aliphatic carbocycles. The van der Waals surface area contributed by atoms with Gasteiger partial charge < -0.3 is 21.1 Å². The molecule has 3 aromatic rings. The second-order valence-electron chi connectivity index (χ2n) is 8.33. The Morgan fingerprint density at radius 2 is 1.95 bits per heavy atom. The number of nitrogens with one attached hydrogen (secondary N) is 4. The fourth-order valence-electron chi connectivity index (χ4n) is 3.99. The maximum Gasteiger partial charge on any atom is 0.303 e. The van der Waals surface area contributed by atoms with E-state index in [1.165, 1.54) is 16.2 Å². The number of nitrogens with zero attached hydrogens (tertiary/aromatic N) is 4. The van der Waals surface area contributed by atoms with Gasteiger partial charge in [-0.05, 0) is 34.0 Å². The van der Waals surface area contributed by atoms with Crippen LogP contribution in [0.2, 0.25) is 0 Å². The van der Waals surface area contributed by atoms with Gasteiger partial charge in [-0.2, -0.15) is 16.6 Å². The van der Waals surface area contributed by atoms with Gasteiger partial charge in [0.15, 0.2) is 5.82 Å². The summed E-state index contributed by atoms with van der Waals surface area (Å²) in [5, 5.41) is 33.3. The molecule has 0 fully saturated rings. The number of para-hydroxylation sites is 1. The molecule has 4 rings (SSSR count). The van der Waals surface area contributed by atoms with E-state index in [-0.39, 0.29) is 31.6 Å². The number of aromatic nitrogens is 4. The minimum atomic E-state index is -1.14. The summed E-state index contributed by atoms with van der Waals surface area (Å²) in [6.45, 7) is -0.418. The summed E-state index contributed by atoms with van der Waals surface area (Å²) < 4.78 is 0. The summed E-state index contributed by atoms with van der Waals surface area (Å²) in [7, 11) is 0. The summed E-state index contributed by atoms with van der Waals surface area (Å²) in [5.41, 5.74) is 1.85. The average Bonchev–Trinajstić information content (AvgIpc) is 3.68. The van der Waals surface area contributed by atoms with Crippen LogP contribution < -0.4 is 20.9 Å². The molecule has 4 amide bonds. The molecular formula is C23H24N8O6S. The third kappa shape index (κ3) is 6.36. The van der Waals surface area contributed by atoms with E-state index in [1.807, 2.05) is 6.07 Å². The number of amides is 4. The smallest absolute Gasteiger partial charge is 0.303 e. The number of tetrazole rings is 1. The van der Waals surface area contributed by atoms with E-state index in [0.29, 0.717) is 11.3 Å². The molecule has 1 aliphatic rings. The van der Waals surface area contributed by atoms with Crippen molar-refractivity contribution in [3.63, 3.8) is 0 Å². The zero-order chi connectivity index (χ0) is 27.1. The lowest BCUT2D eigenvalue weighted by Crippen LogP contribution is -2.51. The summed E-state index contributed by atoms with van der Waals surface area (Å²) >= 11 is 1.31. The highest BCUT2D eigenvalue weighted by molar-refractivity contribution is 7.08. The summed E-state index contributed by atoms with van der Waals surface area (Å²) in [5.74, 6) is -3.06. The first kappa shape index (κ1) is 26.4. The minimum absolute atomic E-state index is 0.0187. The zero-order valence-corrected chi connectivity index (χ0v) is 20.7. The highest BCUT2D eigenvalue weighted by atomic mass is 32.1. The predicted octanol–water partition coefficient (Wildman–Crippen LogP) is -0.326. The van der Waals surface area contributed by atoms with Gasteiger partial charge in [0.05, 0.1) is 19.5 Å². The van der Waals surface area contributed by atoms with Gasteiger partial charge in [0.25, 0.3) is 0 Å². The molecule has 2 aromatic heterocycles. The van der Waals surface area contributed by atoms with E-state index in [1.54, 1.807) is 35.0 Å². The lowest BCUT2D eigenvalue weighted by Gasteiger charge is -2.25. The number of fused-ring (bicyclic) bond motifs is 1. The van der Waals surface area contributed by atoms with Crippen LogP contribution in [0.1, 0.15) is 35.8 Å². The summed E-state index contributed by atoms with van der Waals surface area (Å²) in [4.78, 5) is 63.7. The Hall–Kier alpha value is -4.66. The number of hydrogen-bond acceptors (Lipinski definition) is 9. The van der Waals surface area contributed by atoms with Crippen molar-refractivity contribution in [2.45, 2.75) is 37.9 Å². The lowest BCUT2D eigenvalue weighted by atomic mass is 10.1. The minimum Gasteiger partial charge on any atom is -0.481 e. The van der Waals surface area contributed by atoms with Gasteiger partial charge in [0.1, 0.15) is 12.1 Å². The number of rotatable bonds is 11. The van der Waals surface area contributed by atoms with Crippen LogP contribution >= 0.6 is 11.3 Å². The maximum absolute atomic E-state index is 13.3. The van der Waals surface area contributed by atoms with E-state index in [2.05, 4.69) is 36.6 Å². The third-order valence-electron chi connectivity index (χ3n) is 5.78. The van der Waals surface area contributed by atoms with Crippen LogP contribution in [0.4, 0.5) is 5.69 Å². The number of carboxylic acids is 1. The average molecular weight is 541 g/mol. The molecule has 1 aromatic carbocycles. The SMILES string of the molecule is O=C(O)CCC(=O)NC(C(=O)NCC(=O)N1c2ccccc2C[C@H]1C(=O)NCc1nn[nH]n1)c1ccsc1. The maximum atomic E-state index is 13.3. The Bertz CT molecular complexity index is 1310. The summed E-state index contributed by atoms with van der Waals surface area (Å²) in [6, 6.07) is 6.77. The molecule has 1 aliphatic heterocycles. The number of hydrogen-bond donors (Lipinski definition) is 5. The van der Waals surface area contributed by atoms with Crippen molar-refractivity contribution in [2.75, 3.05) is 11.4 Å². The molecule has 1 unspecified atom stereocenters. The number of carboxylic acid groups (broad SMARTS) is 1. The molecule has 0 bridgehead atoms. The van der Waals surface area contributed by atoms with Crippen LogP contribution in [-0.4, -0.2) is 67.9 Å². The quantitative estimate of drug-likeness (QED) is 0.216. The van der Waals surface area contributed by atoms with Gasteiger partial charge in [0.2, 0.25) is 23.6 Å². The molecule has 2 atom stereocenters. The molecule has 15 heteroatoms. The first-order valence-electron chi connectivity index (χ1n) is 11.5. The van der Waals surface area contributed by atoms with Gasteiger partial charge >= 0.3 is 5.97 Å². The van der Waals surface area contributed by atoms with Crippen LogP contribution in [-0.2, 0) is 36.9 Å². The van der Waals surface area contributed by atoms with Gasteiger partial charge in [-0.3, -0.25) is 28.9 Å². The number of carbonyl (C=O) groups excluding carboxylic acids is 4. The molecule has 0 radical (unpaired) electrons. The first-order valence-corrected chi connectivity index (χ1v) is 12.5. The van der Waals surface area contributed by atoms with Crippen molar-refractivity contribution < 1.29 is 29.1 Å². The monoisotopic (exact) mass is 540 g/mol. The fourth-order valence-corrected chi connectivity index (χ4v) is 4.67. The van der Waals surface area contributed by atoms with Crippen LogP contribution in [0.15, 0.2) is 41.1 Å². The zero-order valence-electron chi connectivity index (χ0n) is 19.9. The fraction of sp³-hybridized carbons (Fsp3) is 0.304. The molecule has 0 saturated carbocycles. The number of thiophene rings is 1. The van der Waals surface area contributed by atoms with Crippen molar-refractivity contribution in [1.29, 1.82) is 0 Å². The number of aromatic amines is 1. The molecule has 5 N–H and O–H groups in total. The molecule has 0 saturated heterocycles. The van der Waals surface area contributed by atoms with Crippen molar-refractivity contribution >= 4 is 46.6 Å². The van der Waals surface area contributed by atoms with Gasteiger partial charge in [-0.1, -0.05) is 23.4 Å². The highest BCUT2D eigenvalue weighted by Gasteiger charge is 2.38. The van der Waals surface area contributed by atoms with Crippen molar-refractivity contribution in [2.24, 2.45) is 0 Å². The molecule has 198 valence electrons. The number of carbonyl (C=O) groups is 5. The molecule has 14 nitrogen and oxygen atoms in total. The van der Waals surface area contributed by atoms with Gasteiger partial charge in [0, 0.05) is 18.5 Å². The van der Waals surface area contributed by atoms with E-state index < -0.39 is 48.2 Å². The molecular weight excluding hydrogens is 516 g/mol. The van der Waals surface area contributed by atoms with Gasteiger partial charge in [-0.15, -0.1) is 10.2 Å². The Labute approximate surface area is 219 Å². The van der Waals surface area contributed by atoms with Crippen molar-refractivity contribution in [1.82, 2.24) is 36.6 Å². The van der Waals surface area contributed by atoms with Crippen molar-refractivity contribution in [3.05, 3.63) is 58.0 Å². The largest absolute Gasteiger partial charge is 0.481 e. The van der Waals surface area contributed by atoms with Crippen molar-refractivity contribution in [3.8, 4) is 0 Å². The van der Waals surface area contributed by atoms with E-state index in [0.717, 1.165) is 5.56 Å². The molecule has 0 spiro atoms. The second kappa shape index (κ2) is 12.1. The Kier molecular flexibility index (Phi) is 8.37. The van der Waals surface area contributed by atoms with E-state index in [9.17, 15) is 24.0 Å². The molecule has 38 heavy (non-hydrogen) atoms. The highest BCUT2D eigenvalue weighted by Crippen LogP contribution is 2.32. The van der Waals surface area contributed by atoms with Crippen LogP contribution in [0, 0.1) is 0 Å². The third-order valence-corrected chi connectivity index (χ3v) is 6.48. The first-order chi connectivity index (χ1) is 18.3. The normalized spacial score (nSPS) is 14.8. The number of aliphatic carboxylic acids is 1. The standard InChI is InChI=1S/C23H24N8O6S/c32-18(5-6-20(34)35)26-21(14-7-8-38-12-14)23(37)25-11-19(33)31-15-4-2-1-3-13(15)9-16(31)22(36)24-10-17-27-29-30-28-17/h1-4,7-8,12,16,21H,5-6,9-11H2,(H,24,36)(H,25,37)(H,26,32)(H,34,35)(H,27,28,29,30)/t16-,21?/m0/s1.